The maximum atomic E-state index is 13.6. The molecule has 5 rings (SSSR count). The summed E-state index contributed by atoms with van der Waals surface area (Å²) in [6, 6.07) is 22.8. The first-order valence-electron chi connectivity index (χ1n) is 13.6. The molecule has 3 aromatic rings. The van der Waals surface area contributed by atoms with Crippen LogP contribution in [0.1, 0.15) is 27.0 Å². The molecule has 0 aromatic heterocycles. The summed E-state index contributed by atoms with van der Waals surface area (Å²) in [6.07, 6.45) is 5.62. The van der Waals surface area contributed by atoms with Crippen molar-refractivity contribution in [1.82, 2.24) is 9.62 Å². The van der Waals surface area contributed by atoms with Crippen LogP contribution in [0.4, 0.5) is 5.69 Å². The molecule has 8 nitrogen and oxygen atoms in total. The van der Waals surface area contributed by atoms with Gasteiger partial charge in [0.1, 0.15) is 18.0 Å². The topological polar surface area (TPSA) is 99.2 Å². The second-order valence-corrected chi connectivity index (χ2v) is 18.8. The Morgan fingerprint density at radius 3 is 2.46 bits per heavy atom. The molecule has 2 heterocycles. The number of nitrogens with zero attached hydrogens (tertiary/aromatic N) is 2. The molecular weight excluding hydrogens is 555 g/mol. The molecule has 10 heteroatoms. The first-order valence-corrected chi connectivity index (χ1v) is 18.7. The van der Waals surface area contributed by atoms with Crippen molar-refractivity contribution in [3.8, 4) is 5.75 Å². The third-order valence-corrected chi connectivity index (χ3v) is 10.5. The summed E-state index contributed by atoms with van der Waals surface area (Å²) in [6.45, 7) is 6.92. The van der Waals surface area contributed by atoms with Gasteiger partial charge in [-0.2, -0.15) is 8.42 Å². The highest BCUT2D eigenvalue weighted by molar-refractivity contribution is 7.91. The van der Waals surface area contributed by atoms with Gasteiger partial charge in [-0.15, -0.1) is 0 Å². The average Bonchev–Trinajstić information content (AvgIpc) is 3.05. The van der Waals surface area contributed by atoms with Gasteiger partial charge in [0.2, 0.25) is 5.88 Å². The molecule has 3 aromatic carbocycles. The fourth-order valence-electron chi connectivity index (χ4n) is 4.78. The predicted molar refractivity (Wildman–Crippen MR) is 165 cm³/mol. The number of aliphatic hydroxyl groups excluding tert-OH is 1. The largest absolute Gasteiger partial charge is 0.493 e. The molecule has 0 aliphatic carbocycles. The Hall–Kier alpha value is -4.02. The lowest BCUT2D eigenvalue weighted by atomic mass is 10.0. The number of benzene rings is 3. The molecule has 1 amide bonds. The predicted octanol–water partition coefficient (Wildman–Crippen LogP) is 5.70. The Morgan fingerprint density at radius 1 is 0.976 bits per heavy atom. The van der Waals surface area contributed by atoms with Crippen molar-refractivity contribution in [3.05, 3.63) is 113 Å². The van der Waals surface area contributed by atoms with Crippen molar-refractivity contribution in [3.63, 3.8) is 0 Å². The van der Waals surface area contributed by atoms with Crippen LogP contribution < -0.4 is 14.4 Å². The van der Waals surface area contributed by atoms with Gasteiger partial charge in [0, 0.05) is 20.2 Å². The molecule has 0 spiro atoms. The Balaban J connectivity index is 1.43. The maximum Gasteiger partial charge on any atom is 0.332 e. The van der Waals surface area contributed by atoms with Gasteiger partial charge in [0.05, 0.1) is 12.2 Å². The molecule has 1 unspecified atom stereocenters. The summed E-state index contributed by atoms with van der Waals surface area (Å²) in [4.78, 5) is 12.8. The average molecular weight is 590 g/mol. The van der Waals surface area contributed by atoms with Gasteiger partial charge < -0.3 is 15.2 Å². The Labute approximate surface area is 242 Å². The van der Waals surface area contributed by atoms with E-state index in [1.54, 1.807) is 18.2 Å². The Kier molecular flexibility index (Phi) is 7.97. The second kappa shape index (κ2) is 11.5. The van der Waals surface area contributed by atoms with E-state index in [-0.39, 0.29) is 31.0 Å². The molecule has 2 N–H and O–H groups in total. The van der Waals surface area contributed by atoms with Crippen LogP contribution in [0.5, 0.6) is 5.75 Å². The minimum Gasteiger partial charge on any atom is -0.493 e. The number of aliphatic hydroxyl groups is 1. The number of anilines is 1. The third kappa shape index (κ3) is 6.49. The van der Waals surface area contributed by atoms with Crippen molar-refractivity contribution >= 4 is 36.0 Å². The van der Waals surface area contributed by atoms with E-state index in [2.05, 4.69) is 25.0 Å². The number of amides is 1. The number of nitrogens with one attached hydrogen (secondary N) is 1. The van der Waals surface area contributed by atoms with Gasteiger partial charge >= 0.3 is 10.2 Å². The first kappa shape index (κ1) is 28.5. The van der Waals surface area contributed by atoms with Crippen LogP contribution in [-0.2, 0) is 23.2 Å². The second-order valence-electron chi connectivity index (χ2n) is 11.5. The zero-order valence-corrected chi connectivity index (χ0v) is 25.3. The van der Waals surface area contributed by atoms with E-state index in [9.17, 15) is 18.3 Å². The van der Waals surface area contributed by atoms with Crippen LogP contribution in [0.15, 0.2) is 91.0 Å². The van der Waals surface area contributed by atoms with Crippen molar-refractivity contribution < 1.29 is 23.1 Å². The van der Waals surface area contributed by atoms with Crippen molar-refractivity contribution in [2.45, 2.75) is 44.8 Å². The van der Waals surface area contributed by atoms with Crippen molar-refractivity contribution in [2.75, 3.05) is 10.8 Å². The number of hydrogen-bond acceptors (Lipinski definition) is 5. The van der Waals surface area contributed by atoms with Crippen LogP contribution >= 0.6 is 0 Å². The number of carbonyl (C=O) groups is 1. The van der Waals surface area contributed by atoms with E-state index < -0.39 is 18.3 Å². The number of ether oxygens (including phenoxy) is 1. The van der Waals surface area contributed by atoms with Crippen LogP contribution in [0, 0.1) is 0 Å². The normalized spacial score (nSPS) is 18.0. The lowest BCUT2D eigenvalue weighted by molar-refractivity contribution is 0.0945. The summed E-state index contributed by atoms with van der Waals surface area (Å²) in [7, 11) is -5.60. The van der Waals surface area contributed by atoms with Gasteiger partial charge in [-0.3, -0.25) is 4.79 Å². The number of hydrogen-bond donors (Lipinski definition) is 2. The minimum atomic E-state index is -4.04. The van der Waals surface area contributed by atoms with E-state index in [4.69, 9.17) is 4.74 Å². The van der Waals surface area contributed by atoms with Crippen molar-refractivity contribution in [2.24, 2.45) is 0 Å². The molecule has 0 bridgehead atoms. The molecule has 0 radical (unpaired) electrons. The Morgan fingerprint density at radius 2 is 1.71 bits per heavy atom. The lowest BCUT2D eigenvalue weighted by Crippen LogP contribution is -2.37. The fourth-order valence-corrected chi connectivity index (χ4v) is 7.28. The van der Waals surface area contributed by atoms with Crippen LogP contribution in [0.3, 0.4) is 0 Å². The van der Waals surface area contributed by atoms with E-state index in [1.165, 1.54) is 6.20 Å². The maximum absolute atomic E-state index is 13.6. The molecule has 0 saturated heterocycles. The van der Waals surface area contributed by atoms with Crippen LogP contribution in [-0.4, -0.2) is 44.4 Å². The molecule has 2 aliphatic rings. The first-order chi connectivity index (χ1) is 19.5. The highest BCUT2D eigenvalue weighted by Crippen LogP contribution is 2.38. The Bertz CT molecular complexity index is 1600. The molecule has 0 fully saturated rings. The number of carbonyl (C=O) groups excluding carboxylic acids is 1. The van der Waals surface area contributed by atoms with E-state index >= 15 is 0 Å². The minimum absolute atomic E-state index is 0.144. The summed E-state index contributed by atoms with van der Waals surface area (Å²) in [5, 5.41) is 13.7. The van der Waals surface area contributed by atoms with Gasteiger partial charge in [-0.05, 0) is 47.4 Å². The molecule has 41 heavy (non-hydrogen) atoms. The highest BCUT2D eigenvalue weighted by Gasteiger charge is 2.39. The van der Waals surface area contributed by atoms with Crippen LogP contribution in [0.2, 0.25) is 25.7 Å². The summed E-state index contributed by atoms with van der Waals surface area (Å²) >= 11 is 0. The molecule has 0 saturated carbocycles. The molecular formula is C31H35N3O5SSi. The highest BCUT2D eigenvalue weighted by atomic mass is 32.2. The SMILES string of the molecule is C[Si](C)(C)CCN1C(O)=CN(c2ccc(CC3C=Cc4ccccc4C(=O)N3)cc2OCc2ccccc2)S1(=O)=O. The summed E-state index contributed by atoms with van der Waals surface area (Å²) in [5.41, 5.74) is 3.58. The lowest BCUT2D eigenvalue weighted by Gasteiger charge is -2.25. The zero-order chi connectivity index (χ0) is 29.2. The van der Waals surface area contributed by atoms with E-state index in [1.807, 2.05) is 66.7 Å². The molecule has 1 atom stereocenters. The number of rotatable bonds is 9. The van der Waals surface area contributed by atoms with Crippen LogP contribution in [0.25, 0.3) is 6.08 Å². The van der Waals surface area contributed by atoms with Gasteiger partial charge in [-0.1, -0.05) is 86.4 Å². The van der Waals surface area contributed by atoms with Gasteiger partial charge in [-0.25, -0.2) is 8.61 Å². The third-order valence-electron chi connectivity index (χ3n) is 7.06. The summed E-state index contributed by atoms with van der Waals surface area (Å²) < 4.78 is 35.5. The van der Waals surface area contributed by atoms with Crippen molar-refractivity contribution in [1.29, 1.82) is 0 Å². The fraction of sp³-hybridized carbons (Fsp3) is 0.258. The zero-order valence-electron chi connectivity index (χ0n) is 23.4. The summed E-state index contributed by atoms with van der Waals surface area (Å²) in [5.74, 6) is -0.0969. The van der Waals surface area contributed by atoms with Gasteiger partial charge in [0.15, 0.2) is 0 Å². The van der Waals surface area contributed by atoms with E-state index in [0.29, 0.717) is 29.5 Å². The smallest absolute Gasteiger partial charge is 0.332 e. The quantitative estimate of drug-likeness (QED) is 0.312. The van der Waals surface area contributed by atoms with E-state index in [0.717, 1.165) is 25.3 Å². The monoisotopic (exact) mass is 589 g/mol. The molecule has 2 aliphatic heterocycles. The number of fused-ring (bicyclic) bond motifs is 1. The molecule has 214 valence electrons. The van der Waals surface area contributed by atoms with Gasteiger partial charge in [0.25, 0.3) is 5.91 Å². The standard InChI is InChI=1S/C31H35N3O5SSi/c1-41(2,3)18-17-33-30(35)21-34(40(33,37)38)28-16-13-24(20-29(28)39-22-23-9-5-4-6-10-23)19-26-15-14-25-11-7-8-12-27(25)31(36)32-26/h4-16,20-21,26,35H,17-19,22H2,1-3H3,(H,32,36).